The predicted molar refractivity (Wildman–Crippen MR) is 98.3 cm³/mol. The van der Waals surface area contributed by atoms with Gasteiger partial charge in [-0.1, -0.05) is 18.2 Å². The van der Waals surface area contributed by atoms with E-state index >= 15 is 0 Å². The molecule has 0 aromatic heterocycles. The zero-order chi connectivity index (χ0) is 16.6. The van der Waals surface area contributed by atoms with Gasteiger partial charge in [0.25, 0.3) is 0 Å². The van der Waals surface area contributed by atoms with Crippen LogP contribution in [0.25, 0.3) is 0 Å². The number of likely N-dealkylation sites (tertiary alicyclic amines) is 1. The summed E-state index contributed by atoms with van der Waals surface area (Å²) in [5.74, 6) is 1.66. The highest BCUT2D eigenvalue weighted by Crippen LogP contribution is 2.22. The Balaban J connectivity index is 1.27. The average Bonchev–Trinajstić information content (AvgIpc) is 3.16. The minimum atomic E-state index is 0.185. The third kappa shape index (κ3) is 5.50. The number of piperidine rings is 1. The highest BCUT2D eigenvalue weighted by atomic mass is 32.2. The van der Waals surface area contributed by atoms with Crippen molar-refractivity contribution in [1.29, 1.82) is 0 Å². The van der Waals surface area contributed by atoms with Gasteiger partial charge in [-0.2, -0.15) is 0 Å². The molecule has 0 spiro atoms. The predicted octanol–water partition coefficient (Wildman–Crippen LogP) is 2.79. The van der Waals surface area contributed by atoms with Crippen molar-refractivity contribution in [2.75, 3.05) is 38.6 Å². The molecule has 0 bridgehead atoms. The van der Waals surface area contributed by atoms with Crippen LogP contribution in [0.3, 0.4) is 0 Å². The number of benzene rings is 1. The number of ether oxygens (including phenoxy) is 1. The van der Waals surface area contributed by atoms with Gasteiger partial charge in [-0.25, -0.2) is 0 Å². The largest absolute Gasteiger partial charge is 0.380 e. The first-order valence-electron chi connectivity index (χ1n) is 9.07. The van der Waals surface area contributed by atoms with Crippen molar-refractivity contribution < 1.29 is 9.53 Å². The first kappa shape index (κ1) is 17.8. The van der Waals surface area contributed by atoms with E-state index < -0.39 is 0 Å². The Hall–Kier alpha value is -1.04. The quantitative estimate of drug-likeness (QED) is 0.770. The Bertz CT molecular complexity index is 497. The second kappa shape index (κ2) is 9.44. The number of rotatable bonds is 7. The second-order valence-corrected chi connectivity index (χ2v) is 7.88. The van der Waals surface area contributed by atoms with Gasteiger partial charge in [0.2, 0.25) is 5.91 Å². The Labute approximate surface area is 149 Å². The third-order valence-electron chi connectivity index (χ3n) is 5.00. The van der Waals surface area contributed by atoms with Crippen LogP contribution in [0.2, 0.25) is 0 Å². The monoisotopic (exact) mass is 348 g/mol. The molecule has 2 fully saturated rings. The number of nitrogens with zero attached hydrogens (tertiary/aromatic N) is 1. The molecule has 2 aliphatic rings. The molecule has 0 aliphatic carbocycles. The fourth-order valence-electron chi connectivity index (χ4n) is 3.46. The van der Waals surface area contributed by atoms with Gasteiger partial charge in [-0.05, 0) is 50.4 Å². The molecule has 1 atom stereocenters. The molecule has 2 heterocycles. The van der Waals surface area contributed by atoms with Gasteiger partial charge >= 0.3 is 0 Å². The molecule has 24 heavy (non-hydrogen) atoms. The highest BCUT2D eigenvalue weighted by molar-refractivity contribution is 7.99. The number of nitrogens with one attached hydrogen (secondary N) is 1. The first-order chi connectivity index (χ1) is 11.8. The van der Waals surface area contributed by atoms with Gasteiger partial charge in [-0.15, -0.1) is 11.8 Å². The summed E-state index contributed by atoms with van der Waals surface area (Å²) in [5.41, 5.74) is 0. The lowest BCUT2D eigenvalue weighted by Crippen LogP contribution is -2.44. The molecular weight excluding hydrogens is 320 g/mol. The summed E-state index contributed by atoms with van der Waals surface area (Å²) < 4.78 is 5.48. The summed E-state index contributed by atoms with van der Waals surface area (Å²) in [6, 6.07) is 10.9. The number of hydrogen-bond acceptors (Lipinski definition) is 4. The van der Waals surface area contributed by atoms with E-state index in [9.17, 15) is 4.79 Å². The second-order valence-electron chi connectivity index (χ2n) is 6.71. The van der Waals surface area contributed by atoms with Crippen molar-refractivity contribution in [2.45, 2.75) is 36.6 Å². The molecule has 0 saturated carbocycles. The molecule has 1 aromatic rings. The van der Waals surface area contributed by atoms with Crippen molar-refractivity contribution >= 4 is 17.7 Å². The Morgan fingerprint density at radius 3 is 2.71 bits per heavy atom. The van der Waals surface area contributed by atoms with Crippen molar-refractivity contribution in [2.24, 2.45) is 5.92 Å². The van der Waals surface area contributed by atoms with Crippen LogP contribution in [0.4, 0.5) is 0 Å². The minimum absolute atomic E-state index is 0.185. The molecule has 4 nitrogen and oxygen atoms in total. The van der Waals surface area contributed by atoms with Crippen molar-refractivity contribution in [3.8, 4) is 0 Å². The maximum atomic E-state index is 12.0. The van der Waals surface area contributed by atoms with Gasteiger partial charge < -0.3 is 10.1 Å². The molecule has 5 heteroatoms. The van der Waals surface area contributed by atoms with Crippen LogP contribution in [0.5, 0.6) is 0 Å². The third-order valence-corrected chi connectivity index (χ3v) is 6.01. The lowest BCUT2D eigenvalue weighted by Gasteiger charge is -2.35. The standard InChI is InChI=1S/C19H28N2O2S/c22-19(9-13-24-18-4-2-1-3-5-18)20-14-16-6-10-21(11-7-16)17-8-12-23-15-17/h1-5,16-17H,6-15H2,(H,20,22)/t17-/m0/s1. The zero-order valence-corrected chi connectivity index (χ0v) is 15.1. The van der Waals surface area contributed by atoms with Crippen LogP contribution in [0.1, 0.15) is 25.7 Å². The molecule has 2 saturated heterocycles. The fourth-order valence-corrected chi connectivity index (χ4v) is 4.33. The van der Waals surface area contributed by atoms with Crippen LogP contribution in [-0.2, 0) is 9.53 Å². The summed E-state index contributed by atoms with van der Waals surface area (Å²) in [7, 11) is 0. The first-order valence-corrected chi connectivity index (χ1v) is 10.1. The summed E-state index contributed by atoms with van der Waals surface area (Å²) in [4.78, 5) is 15.8. The Morgan fingerprint density at radius 2 is 2.00 bits per heavy atom. The van der Waals surface area contributed by atoms with Crippen molar-refractivity contribution in [3.63, 3.8) is 0 Å². The van der Waals surface area contributed by atoms with Crippen LogP contribution in [0, 0.1) is 5.92 Å². The van der Waals surface area contributed by atoms with E-state index in [4.69, 9.17) is 4.74 Å². The van der Waals surface area contributed by atoms with E-state index in [1.807, 2.05) is 18.2 Å². The summed E-state index contributed by atoms with van der Waals surface area (Å²) in [6.07, 6.45) is 4.16. The molecule has 1 amide bonds. The fraction of sp³-hybridized carbons (Fsp3) is 0.632. The lowest BCUT2D eigenvalue weighted by atomic mass is 9.95. The van der Waals surface area contributed by atoms with Crippen LogP contribution in [0.15, 0.2) is 35.2 Å². The molecule has 1 N–H and O–H groups in total. The molecule has 1 aromatic carbocycles. The van der Waals surface area contributed by atoms with E-state index in [0.717, 1.165) is 38.6 Å². The Kier molecular flexibility index (Phi) is 6.99. The lowest BCUT2D eigenvalue weighted by molar-refractivity contribution is -0.120. The molecule has 0 unspecified atom stereocenters. The zero-order valence-electron chi connectivity index (χ0n) is 14.3. The van der Waals surface area contributed by atoms with E-state index in [2.05, 4.69) is 22.3 Å². The van der Waals surface area contributed by atoms with E-state index in [-0.39, 0.29) is 5.91 Å². The van der Waals surface area contributed by atoms with Gasteiger partial charge in [0.15, 0.2) is 0 Å². The smallest absolute Gasteiger partial charge is 0.220 e. The number of amides is 1. The minimum Gasteiger partial charge on any atom is -0.380 e. The van der Waals surface area contributed by atoms with E-state index in [0.29, 0.717) is 18.4 Å². The van der Waals surface area contributed by atoms with Crippen LogP contribution >= 0.6 is 11.8 Å². The molecule has 3 rings (SSSR count). The Morgan fingerprint density at radius 1 is 1.21 bits per heavy atom. The van der Waals surface area contributed by atoms with Crippen molar-refractivity contribution in [3.05, 3.63) is 30.3 Å². The van der Waals surface area contributed by atoms with Crippen LogP contribution < -0.4 is 5.32 Å². The maximum Gasteiger partial charge on any atom is 0.220 e. The average molecular weight is 349 g/mol. The van der Waals surface area contributed by atoms with Gasteiger partial charge in [0.05, 0.1) is 6.61 Å². The summed E-state index contributed by atoms with van der Waals surface area (Å²) in [6.45, 7) is 4.96. The number of hydrogen-bond donors (Lipinski definition) is 1. The maximum absolute atomic E-state index is 12.0. The number of carbonyl (C=O) groups excluding carboxylic acids is 1. The van der Waals surface area contributed by atoms with Gasteiger partial charge in [-0.3, -0.25) is 9.69 Å². The highest BCUT2D eigenvalue weighted by Gasteiger charge is 2.27. The summed E-state index contributed by atoms with van der Waals surface area (Å²) in [5, 5.41) is 3.13. The topological polar surface area (TPSA) is 41.6 Å². The molecule has 0 radical (unpaired) electrons. The number of carbonyl (C=O) groups is 1. The molecule has 2 aliphatic heterocycles. The van der Waals surface area contributed by atoms with Crippen molar-refractivity contribution in [1.82, 2.24) is 10.2 Å². The number of thioether (sulfide) groups is 1. The van der Waals surface area contributed by atoms with Gasteiger partial charge in [0.1, 0.15) is 0 Å². The van der Waals surface area contributed by atoms with Gasteiger partial charge in [0, 0.05) is 36.3 Å². The van der Waals surface area contributed by atoms with E-state index in [1.165, 1.54) is 24.2 Å². The van der Waals surface area contributed by atoms with Crippen LogP contribution in [-0.4, -0.2) is 55.4 Å². The van der Waals surface area contributed by atoms with E-state index in [1.54, 1.807) is 11.8 Å². The normalized spacial score (nSPS) is 22.6. The molecule has 132 valence electrons. The summed E-state index contributed by atoms with van der Waals surface area (Å²) >= 11 is 1.75. The SMILES string of the molecule is O=C(CCSc1ccccc1)NCC1CCN([C@H]2CCOC2)CC1. The molecular formula is C19H28N2O2S.